The molecule has 3 heterocycles. The van der Waals surface area contributed by atoms with E-state index in [9.17, 15) is 10.1 Å². The fraction of sp³-hybridized carbons (Fsp3) is 0.450. The number of nitro groups is 1. The zero-order valence-corrected chi connectivity index (χ0v) is 17.3. The molecule has 3 aromatic rings. The summed E-state index contributed by atoms with van der Waals surface area (Å²) < 4.78 is 3.25. The van der Waals surface area contributed by atoms with Crippen molar-refractivity contribution in [2.45, 2.75) is 26.4 Å². The lowest BCUT2D eigenvalue weighted by Crippen LogP contribution is -2.46. The van der Waals surface area contributed by atoms with Gasteiger partial charge < -0.3 is 15.0 Å². The average molecular weight is 410 g/mol. The van der Waals surface area contributed by atoms with Crippen molar-refractivity contribution in [1.29, 1.82) is 0 Å². The monoisotopic (exact) mass is 410 g/mol. The molecule has 0 spiro atoms. The van der Waals surface area contributed by atoms with Crippen LogP contribution in [0.2, 0.25) is 0 Å². The van der Waals surface area contributed by atoms with Crippen molar-refractivity contribution in [2.75, 3.05) is 31.1 Å². The summed E-state index contributed by atoms with van der Waals surface area (Å²) in [7, 11) is 1.66. The molecule has 10 heteroatoms. The third-order valence-electron chi connectivity index (χ3n) is 5.57. The molecular weight excluding hydrogens is 384 g/mol. The number of hydrogen-bond donors (Lipinski definition) is 0. The van der Waals surface area contributed by atoms with Crippen molar-refractivity contribution in [1.82, 2.24) is 29.4 Å². The van der Waals surface area contributed by atoms with Crippen LogP contribution in [0.3, 0.4) is 0 Å². The highest BCUT2D eigenvalue weighted by molar-refractivity contribution is 5.46. The lowest BCUT2D eigenvalue weighted by molar-refractivity contribution is -0.392. The van der Waals surface area contributed by atoms with E-state index < -0.39 is 0 Å². The SMILES string of the molecule is Cc1nc(CCn2cc(CN3CCN(c4ccccc4)CC3)nn2)c([N+](=O)[O-])n1C. The molecule has 0 bridgehead atoms. The summed E-state index contributed by atoms with van der Waals surface area (Å²) in [6.45, 7) is 6.95. The van der Waals surface area contributed by atoms with E-state index in [1.54, 1.807) is 18.7 Å². The highest BCUT2D eigenvalue weighted by atomic mass is 16.6. The van der Waals surface area contributed by atoms with Gasteiger partial charge in [0.25, 0.3) is 0 Å². The zero-order valence-electron chi connectivity index (χ0n) is 17.3. The number of para-hydroxylation sites is 1. The first-order valence-electron chi connectivity index (χ1n) is 10.1. The van der Waals surface area contributed by atoms with E-state index in [1.807, 2.05) is 12.3 Å². The second kappa shape index (κ2) is 8.62. The van der Waals surface area contributed by atoms with Gasteiger partial charge in [-0.25, -0.2) is 9.55 Å². The second-order valence-corrected chi connectivity index (χ2v) is 7.57. The molecule has 0 aliphatic carbocycles. The van der Waals surface area contributed by atoms with Crippen LogP contribution in [-0.2, 0) is 26.6 Å². The molecule has 1 aliphatic rings. The molecule has 30 heavy (non-hydrogen) atoms. The van der Waals surface area contributed by atoms with Crippen molar-refractivity contribution in [3.8, 4) is 0 Å². The van der Waals surface area contributed by atoms with Crippen LogP contribution in [-0.4, -0.2) is 60.5 Å². The maximum atomic E-state index is 11.3. The van der Waals surface area contributed by atoms with Crippen LogP contribution in [0, 0.1) is 17.0 Å². The Morgan fingerprint density at radius 2 is 1.87 bits per heavy atom. The molecule has 0 unspecified atom stereocenters. The minimum absolute atomic E-state index is 0.0455. The van der Waals surface area contributed by atoms with E-state index in [0.29, 0.717) is 24.5 Å². The van der Waals surface area contributed by atoms with Crippen LogP contribution in [0.4, 0.5) is 11.5 Å². The van der Waals surface area contributed by atoms with E-state index in [4.69, 9.17) is 0 Å². The first-order chi connectivity index (χ1) is 14.5. The maximum absolute atomic E-state index is 11.3. The molecule has 0 saturated carbocycles. The molecule has 0 N–H and O–H groups in total. The summed E-state index contributed by atoms with van der Waals surface area (Å²) in [6.07, 6.45) is 2.36. The summed E-state index contributed by atoms with van der Waals surface area (Å²) in [5, 5.41) is 19.8. The van der Waals surface area contributed by atoms with Crippen LogP contribution in [0.5, 0.6) is 0 Å². The topological polar surface area (TPSA) is 98.2 Å². The molecule has 1 fully saturated rings. The molecule has 2 aromatic heterocycles. The van der Waals surface area contributed by atoms with E-state index >= 15 is 0 Å². The van der Waals surface area contributed by atoms with E-state index in [0.717, 1.165) is 38.4 Å². The number of aromatic nitrogens is 5. The Morgan fingerprint density at radius 3 is 2.57 bits per heavy atom. The Labute approximate surface area is 174 Å². The standard InChI is InChI=1S/C20H26N8O2/c1-16-21-19(20(24(16)2)28(29)30)8-9-27-15-17(22-23-27)14-25-10-12-26(13-11-25)18-6-4-3-5-7-18/h3-7,15H,8-14H2,1-2H3. The van der Waals surface area contributed by atoms with E-state index in [1.165, 1.54) is 10.3 Å². The third kappa shape index (κ3) is 4.33. The first kappa shape index (κ1) is 20.0. The van der Waals surface area contributed by atoms with Gasteiger partial charge in [-0.2, -0.15) is 0 Å². The van der Waals surface area contributed by atoms with Gasteiger partial charge in [-0.3, -0.25) is 9.58 Å². The number of anilines is 1. The number of imidazole rings is 1. The Kier molecular flexibility index (Phi) is 5.75. The lowest BCUT2D eigenvalue weighted by Gasteiger charge is -2.35. The number of benzene rings is 1. The van der Waals surface area contributed by atoms with Crippen LogP contribution < -0.4 is 4.90 Å². The van der Waals surface area contributed by atoms with Crippen LogP contribution >= 0.6 is 0 Å². The van der Waals surface area contributed by atoms with Gasteiger partial charge in [0, 0.05) is 64.5 Å². The number of piperazine rings is 1. The van der Waals surface area contributed by atoms with Crippen LogP contribution in [0.25, 0.3) is 0 Å². The van der Waals surface area contributed by atoms with Crippen molar-refractivity contribution in [3.05, 3.63) is 63.9 Å². The summed E-state index contributed by atoms with van der Waals surface area (Å²) >= 11 is 0. The van der Waals surface area contributed by atoms with E-state index in [2.05, 4.69) is 49.4 Å². The largest absolute Gasteiger partial charge is 0.369 e. The first-order valence-corrected chi connectivity index (χ1v) is 10.1. The molecule has 10 nitrogen and oxygen atoms in total. The van der Waals surface area contributed by atoms with Crippen molar-refractivity contribution in [3.63, 3.8) is 0 Å². The number of hydrogen-bond acceptors (Lipinski definition) is 7. The average Bonchev–Trinajstić information content (AvgIpc) is 3.31. The normalized spacial score (nSPS) is 14.9. The van der Waals surface area contributed by atoms with Gasteiger partial charge in [0.05, 0.1) is 12.7 Å². The highest BCUT2D eigenvalue weighted by Crippen LogP contribution is 2.20. The Hall–Kier alpha value is -3.27. The maximum Gasteiger partial charge on any atom is 0.345 e. The van der Waals surface area contributed by atoms with Gasteiger partial charge in [0.15, 0.2) is 5.82 Å². The smallest absolute Gasteiger partial charge is 0.345 e. The quantitative estimate of drug-likeness (QED) is 0.433. The molecule has 1 saturated heterocycles. The van der Waals surface area contributed by atoms with Gasteiger partial charge in [-0.1, -0.05) is 23.4 Å². The minimum atomic E-state index is -0.378. The fourth-order valence-electron chi connectivity index (χ4n) is 3.84. The minimum Gasteiger partial charge on any atom is -0.369 e. The predicted octanol–water partition coefficient (Wildman–Crippen LogP) is 1.79. The Morgan fingerprint density at radius 1 is 1.13 bits per heavy atom. The molecule has 1 aromatic carbocycles. The van der Waals surface area contributed by atoms with Crippen molar-refractivity contribution in [2.24, 2.45) is 7.05 Å². The Balaban J connectivity index is 1.30. The van der Waals surface area contributed by atoms with Gasteiger partial charge in [0.1, 0.15) is 5.69 Å². The predicted molar refractivity (Wildman–Crippen MR) is 112 cm³/mol. The molecule has 0 amide bonds. The Bertz CT molecular complexity index is 1010. The molecule has 0 atom stereocenters. The van der Waals surface area contributed by atoms with Gasteiger partial charge in [-0.15, -0.1) is 5.10 Å². The summed E-state index contributed by atoms with van der Waals surface area (Å²) in [4.78, 5) is 20.0. The van der Waals surface area contributed by atoms with E-state index in [-0.39, 0.29) is 10.7 Å². The zero-order chi connectivity index (χ0) is 21.1. The molecule has 158 valence electrons. The van der Waals surface area contributed by atoms with Crippen molar-refractivity contribution >= 4 is 11.5 Å². The number of nitrogens with zero attached hydrogens (tertiary/aromatic N) is 8. The molecule has 1 aliphatic heterocycles. The molecule has 0 radical (unpaired) electrons. The molecular formula is C20H26N8O2. The second-order valence-electron chi connectivity index (χ2n) is 7.57. The summed E-state index contributed by atoms with van der Waals surface area (Å²) in [5.41, 5.74) is 2.66. The highest BCUT2D eigenvalue weighted by Gasteiger charge is 2.22. The van der Waals surface area contributed by atoms with Crippen molar-refractivity contribution < 1.29 is 4.92 Å². The molecule has 4 rings (SSSR count). The van der Waals surface area contributed by atoms with Crippen LogP contribution in [0.15, 0.2) is 36.5 Å². The number of rotatable bonds is 7. The van der Waals surface area contributed by atoms with Gasteiger partial charge in [-0.05, 0) is 17.1 Å². The summed E-state index contributed by atoms with van der Waals surface area (Å²) in [6, 6.07) is 10.5. The lowest BCUT2D eigenvalue weighted by atomic mass is 10.2. The summed E-state index contributed by atoms with van der Waals surface area (Å²) in [5.74, 6) is 0.676. The van der Waals surface area contributed by atoms with Gasteiger partial charge in [0.2, 0.25) is 0 Å². The van der Waals surface area contributed by atoms with Gasteiger partial charge >= 0.3 is 5.82 Å². The fourth-order valence-corrected chi connectivity index (χ4v) is 3.84. The number of aryl methyl sites for hydroxylation is 3. The third-order valence-corrected chi connectivity index (χ3v) is 5.57. The van der Waals surface area contributed by atoms with Crippen LogP contribution in [0.1, 0.15) is 17.2 Å².